The molecule has 0 atom stereocenters. The lowest BCUT2D eigenvalue weighted by Gasteiger charge is -2.36. The van der Waals surface area contributed by atoms with Crippen LogP contribution in [0.1, 0.15) is 19.3 Å². The Balaban J connectivity index is 1.35. The predicted molar refractivity (Wildman–Crippen MR) is 102 cm³/mol. The van der Waals surface area contributed by atoms with Crippen molar-refractivity contribution in [2.45, 2.75) is 19.3 Å². The SMILES string of the molecule is CN=C(NCCC(=O)N1CCN(c2ccc(F)cc2)CC1)NCC1CC1. The summed E-state index contributed by atoms with van der Waals surface area (Å²) in [5.41, 5.74) is 1.01. The number of aliphatic imine (C=N–C) groups is 1. The Morgan fingerprint density at radius 3 is 2.46 bits per heavy atom. The second-order valence-electron chi connectivity index (χ2n) is 6.92. The van der Waals surface area contributed by atoms with E-state index < -0.39 is 0 Å². The first-order valence-corrected chi connectivity index (χ1v) is 9.38. The molecule has 1 aliphatic heterocycles. The molecule has 0 radical (unpaired) electrons. The number of nitrogens with one attached hydrogen (secondary N) is 2. The Kier molecular flexibility index (Phi) is 6.30. The molecule has 1 saturated heterocycles. The maximum absolute atomic E-state index is 13.0. The molecule has 2 N–H and O–H groups in total. The van der Waals surface area contributed by atoms with E-state index >= 15 is 0 Å². The van der Waals surface area contributed by atoms with E-state index in [0.717, 1.165) is 37.2 Å². The summed E-state index contributed by atoms with van der Waals surface area (Å²) in [6, 6.07) is 6.53. The van der Waals surface area contributed by atoms with E-state index in [1.807, 2.05) is 4.90 Å². The topological polar surface area (TPSA) is 60.0 Å². The highest BCUT2D eigenvalue weighted by molar-refractivity contribution is 5.81. The summed E-state index contributed by atoms with van der Waals surface area (Å²) in [6.07, 6.45) is 3.05. The molecule has 142 valence electrons. The quantitative estimate of drug-likeness (QED) is 0.595. The van der Waals surface area contributed by atoms with Gasteiger partial charge in [-0.2, -0.15) is 0 Å². The number of carbonyl (C=O) groups excluding carboxylic acids is 1. The average Bonchev–Trinajstić information content (AvgIpc) is 3.49. The predicted octanol–water partition coefficient (Wildman–Crippen LogP) is 1.44. The van der Waals surface area contributed by atoms with Gasteiger partial charge >= 0.3 is 0 Å². The molecule has 0 aromatic heterocycles. The van der Waals surface area contributed by atoms with Gasteiger partial charge in [-0.1, -0.05) is 0 Å². The van der Waals surface area contributed by atoms with Crippen molar-refractivity contribution in [1.29, 1.82) is 0 Å². The Hall–Kier alpha value is -2.31. The Labute approximate surface area is 154 Å². The van der Waals surface area contributed by atoms with Gasteiger partial charge < -0.3 is 20.4 Å². The van der Waals surface area contributed by atoms with Gasteiger partial charge in [-0.05, 0) is 43.0 Å². The second kappa shape index (κ2) is 8.87. The lowest BCUT2D eigenvalue weighted by atomic mass is 10.2. The standard InChI is InChI=1S/C19H28FN5O/c1-21-19(23-14-15-2-3-15)22-9-8-18(26)25-12-10-24(11-13-25)17-6-4-16(20)5-7-17/h4-7,15H,2-3,8-14H2,1H3,(H2,21,22,23). The zero-order valence-electron chi connectivity index (χ0n) is 15.4. The smallest absolute Gasteiger partial charge is 0.224 e. The van der Waals surface area contributed by atoms with Crippen molar-refractivity contribution in [3.05, 3.63) is 30.1 Å². The van der Waals surface area contributed by atoms with E-state index in [4.69, 9.17) is 0 Å². The molecule has 3 rings (SSSR count). The monoisotopic (exact) mass is 361 g/mol. The van der Waals surface area contributed by atoms with E-state index in [1.165, 1.54) is 25.0 Å². The third-order valence-electron chi connectivity index (χ3n) is 4.93. The van der Waals surface area contributed by atoms with Gasteiger partial charge in [0.1, 0.15) is 5.82 Å². The molecule has 1 aliphatic carbocycles. The molecule has 0 spiro atoms. The number of guanidine groups is 1. The van der Waals surface area contributed by atoms with Gasteiger partial charge in [-0.15, -0.1) is 0 Å². The van der Waals surface area contributed by atoms with E-state index in [1.54, 1.807) is 19.2 Å². The summed E-state index contributed by atoms with van der Waals surface area (Å²) < 4.78 is 13.0. The number of benzene rings is 1. The third kappa shape index (κ3) is 5.34. The molecule has 6 nitrogen and oxygen atoms in total. The maximum Gasteiger partial charge on any atom is 0.224 e. The normalized spacial score (nSPS) is 18.0. The molecule has 1 aromatic rings. The van der Waals surface area contributed by atoms with Gasteiger partial charge in [-0.3, -0.25) is 9.79 Å². The van der Waals surface area contributed by atoms with Crippen LogP contribution in [-0.4, -0.2) is 63.1 Å². The van der Waals surface area contributed by atoms with Gasteiger partial charge in [0.25, 0.3) is 0 Å². The number of hydrogen-bond acceptors (Lipinski definition) is 3. The second-order valence-corrected chi connectivity index (χ2v) is 6.92. The maximum atomic E-state index is 13.0. The lowest BCUT2D eigenvalue weighted by Crippen LogP contribution is -2.49. The van der Waals surface area contributed by atoms with Crippen LogP contribution in [0.5, 0.6) is 0 Å². The van der Waals surface area contributed by atoms with Crippen molar-refractivity contribution in [3.8, 4) is 0 Å². The minimum atomic E-state index is -0.225. The molecule has 26 heavy (non-hydrogen) atoms. The first kappa shape index (κ1) is 18.5. The zero-order valence-corrected chi connectivity index (χ0v) is 15.4. The Morgan fingerprint density at radius 1 is 1.15 bits per heavy atom. The summed E-state index contributed by atoms with van der Waals surface area (Å²) in [4.78, 5) is 20.7. The molecular formula is C19H28FN5O. The number of halogens is 1. The minimum absolute atomic E-state index is 0.161. The molecule has 2 fully saturated rings. The molecule has 0 bridgehead atoms. The van der Waals surface area contributed by atoms with Gasteiger partial charge in [0.05, 0.1) is 0 Å². The number of rotatable bonds is 6. The highest BCUT2D eigenvalue weighted by atomic mass is 19.1. The van der Waals surface area contributed by atoms with Crippen LogP contribution in [0.2, 0.25) is 0 Å². The van der Waals surface area contributed by atoms with Crippen LogP contribution < -0.4 is 15.5 Å². The average molecular weight is 361 g/mol. The lowest BCUT2D eigenvalue weighted by molar-refractivity contribution is -0.131. The van der Waals surface area contributed by atoms with Crippen molar-refractivity contribution in [2.24, 2.45) is 10.9 Å². The van der Waals surface area contributed by atoms with Crippen molar-refractivity contribution >= 4 is 17.6 Å². The van der Waals surface area contributed by atoms with Gasteiger partial charge in [0.2, 0.25) is 5.91 Å². The number of amides is 1. The van der Waals surface area contributed by atoms with Gasteiger partial charge in [0.15, 0.2) is 5.96 Å². The molecule has 7 heteroatoms. The van der Waals surface area contributed by atoms with E-state index in [9.17, 15) is 9.18 Å². The summed E-state index contributed by atoms with van der Waals surface area (Å²) >= 11 is 0. The number of nitrogens with zero attached hydrogens (tertiary/aromatic N) is 3. The number of piperazine rings is 1. The summed E-state index contributed by atoms with van der Waals surface area (Å²) in [7, 11) is 1.75. The number of hydrogen-bond donors (Lipinski definition) is 2. The van der Waals surface area contributed by atoms with Crippen LogP contribution >= 0.6 is 0 Å². The molecule has 2 aliphatic rings. The number of anilines is 1. The zero-order chi connectivity index (χ0) is 18.4. The van der Waals surface area contributed by atoms with Crippen LogP contribution in [0.3, 0.4) is 0 Å². The van der Waals surface area contributed by atoms with Crippen LogP contribution in [0.4, 0.5) is 10.1 Å². The number of carbonyl (C=O) groups is 1. The first-order valence-electron chi connectivity index (χ1n) is 9.38. The molecular weight excluding hydrogens is 333 g/mol. The van der Waals surface area contributed by atoms with Crippen LogP contribution in [-0.2, 0) is 4.79 Å². The fraction of sp³-hybridized carbons (Fsp3) is 0.579. The summed E-state index contributed by atoms with van der Waals surface area (Å²) in [5, 5.41) is 6.50. The third-order valence-corrected chi connectivity index (χ3v) is 4.93. The Morgan fingerprint density at radius 2 is 1.85 bits per heavy atom. The van der Waals surface area contributed by atoms with Crippen molar-refractivity contribution in [1.82, 2.24) is 15.5 Å². The van der Waals surface area contributed by atoms with Gasteiger partial charge in [0, 0.05) is 58.4 Å². The van der Waals surface area contributed by atoms with Crippen LogP contribution in [0.25, 0.3) is 0 Å². The highest BCUT2D eigenvalue weighted by Gasteiger charge is 2.22. The first-order chi connectivity index (χ1) is 12.7. The van der Waals surface area contributed by atoms with E-state index in [2.05, 4.69) is 20.5 Å². The largest absolute Gasteiger partial charge is 0.368 e. The van der Waals surface area contributed by atoms with Crippen molar-refractivity contribution < 1.29 is 9.18 Å². The Bertz CT molecular complexity index is 621. The van der Waals surface area contributed by atoms with E-state index in [-0.39, 0.29) is 11.7 Å². The van der Waals surface area contributed by atoms with Crippen molar-refractivity contribution in [3.63, 3.8) is 0 Å². The minimum Gasteiger partial charge on any atom is -0.368 e. The van der Waals surface area contributed by atoms with Crippen LogP contribution in [0, 0.1) is 11.7 Å². The van der Waals surface area contributed by atoms with E-state index in [0.29, 0.717) is 26.1 Å². The summed E-state index contributed by atoms with van der Waals surface area (Å²) in [6.45, 7) is 4.49. The highest BCUT2D eigenvalue weighted by Crippen LogP contribution is 2.27. The molecule has 1 saturated carbocycles. The summed E-state index contributed by atoms with van der Waals surface area (Å²) in [5.74, 6) is 1.49. The van der Waals surface area contributed by atoms with Gasteiger partial charge in [-0.25, -0.2) is 4.39 Å². The van der Waals surface area contributed by atoms with Crippen molar-refractivity contribution in [2.75, 3.05) is 51.2 Å². The van der Waals surface area contributed by atoms with Crippen LogP contribution in [0.15, 0.2) is 29.3 Å². The fourth-order valence-electron chi connectivity index (χ4n) is 3.10. The molecule has 1 aromatic carbocycles. The molecule has 1 heterocycles. The molecule has 1 amide bonds. The fourth-order valence-corrected chi connectivity index (χ4v) is 3.10. The molecule has 0 unspecified atom stereocenters.